The second-order valence-corrected chi connectivity index (χ2v) is 7.85. The second-order valence-electron chi connectivity index (χ2n) is 4.94. The minimum absolute atomic E-state index is 0.277. The number of nitrogens with two attached hydrogens (primary N) is 1. The molecule has 2 N–H and O–H groups in total. The lowest BCUT2D eigenvalue weighted by Crippen LogP contribution is -2.38. The van der Waals surface area contributed by atoms with Crippen LogP contribution in [-0.4, -0.2) is 49.8 Å². The van der Waals surface area contributed by atoms with Gasteiger partial charge in [0, 0.05) is 30.6 Å². The van der Waals surface area contributed by atoms with Gasteiger partial charge in [0.05, 0.1) is 4.90 Å². The van der Waals surface area contributed by atoms with E-state index in [9.17, 15) is 8.42 Å². The van der Waals surface area contributed by atoms with E-state index in [2.05, 4.69) is 18.7 Å². The fourth-order valence-corrected chi connectivity index (χ4v) is 5.61. The Morgan fingerprint density at radius 3 is 2.75 bits per heavy atom. The minimum atomic E-state index is -3.38. The van der Waals surface area contributed by atoms with Crippen LogP contribution in [0.4, 0.5) is 0 Å². The monoisotopic (exact) mass is 317 g/mol. The lowest BCUT2D eigenvalue weighted by molar-refractivity contribution is 0.224. The molecular formula is C13H23N3O2S2. The zero-order valence-electron chi connectivity index (χ0n) is 12.1. The third kappa shape index (κ3) is 2.92. The smallest absolute Gasteiger partial charge is 0.244 e. The van der Waals surface area contributed by atoms with Gasteiger partial charge in [0.2, 0.25) is 10.0 Å². The average molecular weight is 317 g/mol. The van der Waals surface area contributed by atoms with Crippen LogP contribution in [0.3, 0.4) is 0 Å². The van der Waals surface area contributed by atoms with Gasteiger partial charge in [-0.1, -0.05) is 13.8 Å². The molecule has 2 rings (SSSR count). The molecule has 1 atom stereocenters. The van der Waals surface area contributed by atoms with Crippen molar-refractivity contribution < 1.29 is 8.42 Å². The summed E-state index contributed by atoms with van der Waals surface area (Å²) in [5.74, 6) is 0. The summed E-state index contributed by atoms with van der Waals surface area (Å²) in [7, 11) is -3.38. The molecule has 0 aromatic carbocycles. The molecule has 1 aromatic heterocycles. The third-order valence-electron chi connectivity index (χ3n) is 3.96. The summed E-state index contributed by atoms with van der Waals surface area (Å²) in [5, 5.41) is 1.80. The predicted molar refractivity (Wildman–Crippen MR) is 82.3 cm³/mol. The van der Waals surface area contributed by atoms with Crippen LogP contribution in [0, 0.1) is 0 Å². The van der Waals surface area contributed by atoms with Crippen molar-refractivity contribution >= 4 is 21.4 Å². The molecule has 0 aliphatic carbocycles. The number of nitrogens with zero attached hydrogens (tertiary/aromatic N) is 2. The molecule has 0 bridgehead atoms. The van der Waals surface area contributed by atoms with Gasteiger partial charge in [-0.25, -0.2) is 8.42 Å². The van der Waals surface area contributed by atoms with Crippen LogP contribution in [0.5, 0.6) is 0 Å². The summed E-state index contributed by atoms with van der Waals surface area (Å²) in [6, 6.07) is 2.01. The highest BCUT2D eigenvalue weighted by atomic mass is 32.2. The SMILES string of the molecule is CCN(CC)C1CCN(S(=O)(=O)c2ccsc2CN)C1. The second kappa shape index (κ2) is 6.53. The number of rotatable bonds is 6. The Morgan fingerprint density at radius 1 is 1.45 bits per heavy atom. The van der Waals surface area contributed by atoms with E-state index in [1.807, 2.05) is 0 Å². The molecule has 114 valence electrons. The van der Waals surface area contributed by atoms with Gasteiger partial charge in [-0.2, -0.15) is 4.31 Å². The van der Waals surface area contributed by atoms with Crippen molar-refractivity contribution in [1.82, 2.24) is 9.21 Å². The molecule has 1 fully saturated rings. The zero-order valence-corrected chi connectivity index (χ0v) is 13.7. The summed E-state index contributed by atoms with van der Waals surface area (Å²) < 4.78 is 27.0. The summed E-state index contributed by atoms with van der Waals surface area (Å²) in [6.45, 7) is 7.62. The van der Waals surface area contributed by atoms with Crippen molar-refractivity contribution in [2.75, 3.05) is 26.2 Å². The lowest BCUT2D eigenvalue weighted by atomic mass is 10.2. The van der Waals surface area contributed by atoms with Crippen molar-refractivity contribution in [3.8, 4) is 0 Å². The fourth-order valence-electron chi connectivity index (χ4n) is 2.81. The topological polar surface area (TPSA) is 66.6 Å². The van der Waals surface area contributed by atoms with E-state index in [0.717, 1.165) is 24.4 Å². The molecule has 7 heteroatoms. The first-order chi connectivity index (χ1) is 9.54. The van der Waals surface area contributed by atoms with E-state index in [4.69, 9.17) is 5.73 Å². The highest BCUT2D eigenvalue weighted by Crippen LogP contribution is 2.28. The van der Waals surface area contributed by atoms with Crippen molar-refractivity contribution in [2.45, 2.75) is 37.8 Å². The summed E-state index contributed by atoms with van der Waals surface area (Å²) in [4.78, 5) is 3.47. The molecule has 1 saturated heterocycles. The third-order valence-corrected chi connectivity index (χ3v) is 6.98. The average Bonchev–Trinajstić information content (AvgIpc) is 3.09. The molecule has 20 heavy (non-hydrogen) atoms. The first-order valence-electron chi connectivity index (χ1n) is 7.05. The normalized spacial score (nSPS) is 20.9. The molecule has 5 nitrogen and oxygen atoms in total. The lowest BCUT2D eigenvalue weighted by Gasteiger charge is -2.26. The summed E-state index contributed by atoms with van der Waals surface area (Å²) in [5.41, 5.74) is 5.63. The van der Waals surface area contributed by atoms with Gasteiger partial charge < -0.3 is 5.73 Å². The first-order valence-corrected chi connectivity index (χ1v) is 9.37. The molecular weight excluding hydrogens is 294 g/mol. The van der Waals surface area contributed by atoms with Gasteiger partial charge in [0.15, 0.2) is 0 Å². The number of thiophene rings is 1. The Labute approximate surface area is 125 Å². The standard InChI is InChI=1S/C13H23N3O2S2/c1-3-15(4-2)11-5-7-16(10-11)20(17,18)13-6-8-19-12(13)9-14/h6,8,11H,3-5,7,9-10,14H2,1-2H3. The van der Waals surface area contributed by atoms with Crippen molar-refractivity contribution in [2.24, 2.45) is 5.73 Å². The Balaban J connectivity index is 2.17. The predicted octanol–water partition coefficient (Wildman–Crippen LogP) is 1.31. The van der Waals surface area contributed by atoms with Crippen LogP contribution < -0.4 is 5.73 Å². The van der Waals surface area contributed by atoms with Gasteiger partial charge in [0.25, 0.3) is 0 Å². The fraction of sp³-hybridized carbons (Fsp3) is 0.692. The van der Waals surface area contributed by atoms with Gasteiger partial charge in [0.1, 0.15) is 0 Å². The molecule has 0 saturated carbocycles. The van der Waals surface area contributed by atoms with E-state index in [1.54, 1.807) is 15.8 Å². The first kappa shape index (κ1) is 15.9. The number of likely N-dealkylation sites (N-methyl/N-ethyl adjacent to an activating group) is 1. The maximum atomic E-state index is 12.7. The Morgan fingerprint density at radius 2 is 2.15 bits per heavy atom. The molecule has 1 aliphatic rings. The van der Waals surface area contributed by atoms with E-state index in [1.165, 1.54) is 11.3 Å². The van der Waals surface area contributed by atoms with Gasteiger partial charge in [-0.05, 0) is 31.0 Å². The van der Waals surface area contributed by atoms with Gasteiger partial charge in [-0.15, -0.1) is 11.3 Å². The van der Waals surface area contributed by atoms with Crippen LogP contribution in [-0.2, 0) is 16.6 Å². The molecule has 1 aliphatic heterocycles. The number of hydrogen-bond acceptors (Lipinski definition) is 5. The summed E-state index contributed by atoms with van der Waals surface area (Å²) >= 11 is 1.41. The zero-order chi connectivity index (χ0) is 14.8. The Kier molecular flexibility index (Phi) is 5.19. The van der Waals surface area contributed by atoms with Gasteiger partial charge >= 0.3 is 0 Å². The van der Waals surface area contributed by atoms with Crippen LogP contribution in [0.15, 0.2) is 16.3 Å². The van der Waals surface area contributed by atoms with Crippen LogP contribution in [0.1, 0.15) is 25.1 Å². The van der Waals surface area contributed by atoms with Crippen molar-refractivity contribution in [3.05, 3.63) is 16.3 Å². The van der Waals surface area contributed by atoms with Crippen molar-refractivity contribution in [3.63, 3.8) is 0 Å². The molecule has 0 amide bonds. The molecule has 1 unspecified atom stereocenters. The van der Waals surface area contributed by atoms with E-state index >= 15 is 0 Å². The highest BCUT2D eigenvalue weighted by Gasteiger charge is 2.35. The maximum absolute atomic E-state index is 12.7. The van der Waals surface area contributed by atoms with E-state index in [-0.39, 0.29) is 6.54 Å². The summed E-state index contributed by atoms with van der Waals surface area (Å²) in [6.07, 6.45) is 0.906. The minimum Gasteiger partial charge on any atom is -0.326 e. The molecule has 0 radical (unpaired) electrons. The van der Waals surface area contributed by atoms with Crippen molar-refractivity contribution in [1.29, 1.82) is 0 Å². The molecule has 0 spiro atoms. The van der Waals surface area contributed by atoms with Crippen LogP contribution in [0.25, 0.3) is 0 Å². The largest absolute Gasteiger partial charge is 0.326 e. The maximum Gasteiger partial charge on any atom is 0.244 e. The number of sulfonamides is 1. The number of hydrogen-bond donors (Lipinski definition) is 1. The van der Waals surface area contributed by atoms with Crippen LogP contribution >= 0.6 is 11.3 Å². The van der Waals surface area contributed by atoms with Gasteiger partial charge in [-0.3, -0.25) is 4.90 Å². The van der Waals surface area contributed by atoms with E-state index < -0.39 is 10.0 Å². The Hall–Kier alpha value is -0.470. The quantitative estimate of drug-likeness (QED) is 0.859. The Bertz CT molecular complexity index is 538. The van der Waals surface area contributed by atoms with Crippen LogP contribution in [0.2, 0.25) is 0 Å². The molecule has 1 aromatic rings. The molecule has 2 heterocycles. The highest BCUT2D eigenvalue weighted by molar-refractivity contribution is 7.89. The van der Waals surface area contributed by atoms with E-state index in [0.29, 0.717) is 24.0 Å².